The van der Waals surface area contributed by atoms with Gasteiger partial charge in [0.05, 0.1) is 69.0 Å². The first-order valence-electron chi connectivity index (χ1n) is 29.6. The van der Waals surface area contributed by atoms with Gasteiger partial charge in [-0.25, -0.2) is 0 Å². The number of allylic oxidation sites excluding steroid dienone is 2. The topological polar surface area (TPSA) is 413 Å². The van der Waals surface area contributed by atoms with E-state index in [1.165, 1.54) is 13.8 Å². The van der Waals surface area contributed by atoms with Crippen molar-refractivity contribution in [2.24, 2.45) is 50.2 Å². The Morgan fingerprint density at radius 2 is 1.14 bits per heavy atom. The van der Waals surface area contributed by atoms with E-state index in [-0.39, 0.29) is 23.7 Å². The first-order valence-corrected chi connectivity index (χ1v) is 29.6. The Kier molecular flexibility index (Phi) is 17.7. The Bertz CT molecular complexity index is 2350. The molecule has 10 aliphatic rings. The number of esters is 1. The molecule has 32 atom stereocenters. The Hall–Kier alpha value is -1.75. The molecular formula is C57H92O26. The van der Waals surface area contributed by atoms with E-state index in [2.05, 4.69) is 40.7 Å². The minimum Gasteiger partial charge on any atom is -0.432 e. The third-order valence-electron chi connectivity index (χ3n) is 22.4. The number of ether oxygens (including phenoxy) is 10. The van der Waals surface area contributed by atoms with Crippen LogP contribution in [0.15, 0.2) is 11.6 Å². The van der Waals surface area contributed by atoms with E-state index in [1.54, 1.807) is 6.92 Å². The zero-order valence-electron chi connectivity index (χ0n) is 48.5. The van der Waals surface area contributed by atoms with E-state index < -0.39 is 219 Å². The molecule has 0 aromatic rings. The summed E-state index contributed by atoms with van der Waals surface area (Å²) in [6, 6.07) is 0. The molecule has 32 unspecified atom stereocenters. The standard InChI is InChI=1S/C57H92O26/c1-23-38(79-45-35(67)32(64)29(62)18-74-45)34(66)36(68)46(77-23)80-39-24(2)78-47(37(69)40(39)81-49-44(71)57(73,21-59)22-76-49)82-41-33(65)30(63)19-75-48(41)83-50(72)56-13-11-51(3,4)15-26(56)25-9-10-31-52(5)16-28(61)43(70)53(6,20-58)42(52)27(60)17-55(31,8)54(25,7)12-14-56/h9,23-24,26-49,58-71,73H,10-22H2,1-8H3. The summed E-state index contributed by atoms with van der Waals surface area (Å²) in [5.41, 5.74) is -5.49. The molecule has 0 radical (unpaired) electrons. The molecule has 5 aliphatic carbocycles. The summed E-state index contributed by atoms with van der Waals surface area (Å²) in [7, 11) is 0. The van der Waals surface area contributed by atoms with Gasteiger partial charge < -0.3 is 124 Å². The summed E-state index contributed by atoms with van der Waals surface area (Å²) in [5.74, 6) is -1.61. The minimum absolute atomic E-state index is 0.0842. The highest BCUT2D eigenvalue weighted by molar-refractivity contribution is 5.79. The smallest absolute Gasteiger partial charge is 0.315 e. The lowest BCUT2D eigenvalue weighted by Gasteiger charge is -2.72. The highest BCUT2D eigenvalue weighted by Crippen LogP contribution is 2.76. The largest absolute Gasteiger partial charge is 0.432 e. The Morgan fingerprint density at radius 1 is 0.566 bits per heavy atom. The number of hydrogen-bond acceptors (Lipinski definition) is 26. The lowest BCUT2D eigenvalue weighted by atomic mass is 9.33. The predicted molar refractivity (Wildman–Crippen MR) is 279 cm³/mol. The van der Waals surface area contributed by atoms with Crippen LogP contribution in [0.2, 0.25) is 0 Å². The van der Waals surface area contributed by atoms with Gasteiger partial charge in [0.1, 0.15) is 78.8 Å². The van der Waals surface area contributed by atoms with Gasteiger partial charge in [0.2, 0.25) is 6.29 Å². The average Bonchev–Trinajstić information content (AvgIpc) is 1.03. The van der Waals surface area contributed by atoms with Crippen molar-refractivity contribution >= 4 is 5.97 Å². The van der Waals surface area contributed by atoms with Crippen LogP contribution in [0.4, 0.5) is 0 Å². The monoisotopic (exact) mass is 1190 g/mol. The van der Waals surface area contributed by atoms with Crippen molar-refractivity contribution in [1.29, 1.82) is 0 Å². The first-order chi connectivity index (χ1) is 38.8. The molecule has 10 rings (SSSR count). The molecule has 5 aliphatic heterocycles. The maximum atomic E-state index is 15.5. The molecule has 0 aromatic carbocycles. The van der Waals surface area contributed by atoms with Crippen LogP contribution in [0, 0.1) is 50.2 Å². The summed E-state index contributed by atoms with van der Waals surface area (Å²) < 4.78 is 59.9. The average molecular weight is 1190 g/mol. The maximum Gasteiger partial charge on any atom is 0.315 e. The van der Waals surface area contributed by atoms with Gasteiger partial charge in [0.15, 0.2) is 31.3 Å². The fraction of sp³-hybridized carbons (Fsp3) is 0.947. The van der Waals surface area contributed by atoms with E-state index in [0.29, 0.717) is 44.9 Å². The second-order valence-electron chi connectivity index (χ2n) is 28.0. The number of rotatable bonds is 12. The highest BCUT2D eigenvalue weighted by Gasteiger charge is 2.73. The van der Waals surface area contributed by atoms with E-state index in [1.807, 2.05) is 0 Å². The molecule has 5 heterocycles. The first kappa shape index (κ1) is 64.2. The Labute approximate surface area is 482 Å². The maximum absolute atomic E-state index is 15.5. The van der Waals surface area contributed by atoms with Crippen molar-refractivity contribution < 1.29 is 129 Å². The molecule has 0 bridgehead atoms. The van der Waals surface area contributed by atoms with Crippen molar-refractivity contribution in [1.82, 2.24) is 0 Å². The summed E-state index contributed by atoms with van der Waals surface area (Å²) in [6.07, 6.45) is -30.8. The number of carbonyl (C=O) groups excluding carboxylic acids is 1. The molecule has 26 nitrogen and oxygen atoms in total. The van der Waals surface area contributed by atoms with Crippen LogP contribution in [-0.4, -0.2) is 263 Å². The van der Waals surface area contributed by atoms with Gasteiger partial charge in [0, 0.05) is 11.3 Å². The van der Waals surface area contributed by atoms with Gasteiger partial charge in [0.25, 0.3) is 0 Å². The number of aliphatic hydroxyl groups is 15. The van der Waals surface area contributed by atoms with Crippen molar-refractivity contribution in [3.8, 4) is 0 Å². The van der Waals surface area contributed by atoms with Crippen LogP contribution in [0.3, 0.4) is 0 Å². The van der Waals surface area contributed by atoms with Gasteiger partial charge in [-0.05, 0) is 98.7 Å². The van der Waals surface area contributed by atoms with Crippen LogP contribution in [0.5, 0.6) is 0 Å². The second-order valence-corrected chi connectivity index (χ2v) is 28.0. The van der Waals surface area contributed by atoms with E-state index >= 15 is 4.79 Å². The molecule has 476 valence electrons. The van der Waals surface area contributed by atoms with Gasteiger partial charge in [-0.2, -0.15) is 0 Å². The Morgan fingerprint density at radius 3 is 1.80 bits per heavy atom. The Balaban J connectivity index is 0.897. The van der Waals surface area contributed by atoms with Crippen molar-refractivity contribution in [3.63, 3.8) is 0 Å². The number of carbonyl (C=O) groups is 1. The van der Waals surface area contributed by atoms with Gasteiger partial charge in [-0.1, -0.05) is 53.2 Å². The predicted octanol–water partition coefficient (Wildman–Crippen LogP) is -3.32. The normalized spacial score (nSPS) is 56.2. The minimum atomic E-state index is -2.21. The number of fused-ring (bicyclic) bond motifs is 7. The SMILES string of the molecule is CC1OC(OC2C(C)OC(OC3C(OC(=O)C45CCC(C)(C)CC4C4=CCC6C7(C)CC(O)C(O)C(C)(CO)C7C(O)CC6(C)C4(C)CC5)OCC(O)C3O)C(O)C2OC2OCC(O)(CO)C2O)C(O)C(O)C1OC1OCC(O)C(O)C1O. The summed E-state index contributed by atoms with van der Waals surface area (Å²) >= 11 is 0. The van der Waals surface area contributed by atoms with Crippen LogP contribution < -0.4 is 0 Å². The molecular weight excluding hydrogens is 1100 g/mol. The summed E-state index contributed by atoms with van der Waals surface area (Å²) in [6.45, 7) is 12.5. The van der Waals surface area contributed by atoms with Crippen molar-refractivity contribution in [2.75, 3.05) is 33.0 Å². The highest BCUT2D eigenvalue weighted by atomic mass is 16.8. The lowest BCUT2D eigenvalue weighted by molar-refractivity contribution is -0.390. The molecule has 15 N–H and O–H groups in total. The zero-order valence-corrected chi connectivity index (χ0v) is 48.5. The summed E-state index contributed by atoms with van der Waals surface area (Å²) in [5, 5.41) is 166. The van der Waals surface area contributed by atoms with Gasteiger partial charge in [-0.3, -0.25) is 4.79 Å². The van der Waals surface area contributed by atoms with E-state index in [4.69, 9.17) is 47.4 Å². The van der Waals surface area contributed by atoms with Crippen molar-refractivity contribution in [3.05, 3.63) is 11.6 Å². The van der Waals surface area contributed by atoms with E-state index in [9.17, 15) is 76.6 Å². The van der Waals surface area contributed by atoms with Gasteiger partial charge in [-0.15, -0.1) is 0 Å². The third kappa shape index (κ3) is 10.4. The molecule has 0 spiro atoms. The molecule has 5 saturated heterocycles. The molecule has 9 fully saturated rings. The van der Waals surface area contributed by atoms with Gasteiger partial charge >= 0.3 is 5.97 Å². The van der Waals surface area contributed by atoms with Crippen LogP contribution >= 0.6 is 0 Å². The molecule has 4 saturated carbocycles. The van der Waals surface area contributed by atoms with E-state index in [0.717, 1.165) is 5.57 Å². The number of hydrogen-bond donors (Lipinski definition) is 15. The van der Waals surface area contributed by atoms with Crippen LogP contribution in [-0.2, 0) is 52.2 Å². The molecule has 0 amide bonds. The number of aliphatic hydroxyl groups excluding tert-OH is 14. The third-order valence-corrected chi connectivity index (χ3v) is 22.4. The van der Waals surface area contributed by atoms with Crippen molar-refractivity contribution in [2.45, 2.75) is 254 Å². The zero-order chi connectivity index (χ0) is 60.6. The fourth-order valence-corrected chi connectivity index (χ4v) is 17.3. The fourth-order valence-electron chi connectivity index (χ4n) is 17.3. The summed E-state index contributed by atoms with van der Waals surface area (Å²) in [4.78, 5) is 15.5. The quantitative estimate of drug-likeness (QED) is 0.0671. The molecule has 83 heavy (non-hydrogen) atoms. The molecule has 0 aromatic heterocycles. The molecule has 26 heteroatoms. The van der Waals surface area contributed by atoms with Crippen LogP contribution in [0.1, 0.15) is 107 Å². The lowest BCUT2D eigenvalue weighted by Crippen LogP contribution is -2.71. The second kappa shape index (κ2) is 22.9. The van der Waals surface area contributed by atoms with Crippen LogP contribution in [0.25, 0.3) is 0 Å².